The molecule has 0 radical (unpaired) electrons. The second kappa shape index (κ2) is 14.4. The van der Waals surface area contributed by atoms with E-state index in [2.05, 4.69) is 132 Å². The molecular formula is C42H44N2. The van der Waals surface area contributed by atoms with E-state index >= 15 is 0 Å². The summed E-state index contributed by atoms with van der Waals surface area (Å²) in [6.45, 7) is 5.80. The second-order valence-electron chi connectivity index (χ2n) is 12.1. The lowest BCUT2D eigenvalue weighted by atomic mass is 10.0. The third kappa shape index (κ3) is 6.42. The molecule has 0 atom stereocenters. The molecular weight excluding hydrogens is 532 g/mol. The Bertz CT molecular complexity index is 1860. The van der Waals surface area contributed by atoms with Crippen LogP contribution in [0.3, 0.4) is 0 Å². The molecule has 0 aliphatic heterocycles. The fraction of sp³-hybridized carbons (Fsp3) is 0.333. The van der Waals surface area contributed by atoms with Crippen LogP contribution in [-0.2, 0) is 25.9 Å². The van der Waals surface area contributed by atoms with Gasteiger partial charge in [-0.15, -0.1) is 0 Å². The average molecular weight is 577 g/mol. The van der Waals surface area contributed by atoms with Crippen LogP contribution < -0.4 is 0 Å². The fourth-order valence-electron chi connectivity index (χ4n) is 6.69. The topological polar surface area (TPSA) is 9.86 Å². The number of benzene rings is 4. The Morgan fingerprint density at radius 1 is 0.455 bits per heavy atom. The fourth-order valence-corrected chi connectivity index (χ4v) is 6.69. The van der Waals surface area contributed by atoms with Crippen molar-refractivity contribution in [3.8, 4) is 23.7 Å². The lowest BCUT2D eigenvalue weighted by molar-refractivity contribution is 0.667. The van der Waals surface area contributed by atoms with E-state index in [1.165, 1.54) is 106 Å². The van der Waals surface area contributed by atoms with E-state index in [0.717, 1.165) is 12.8 Å². The molecule has 0 fully saturated rings. The molecule has 0 N–H and O–H groups in total. The molecule has 6 rings (SSSR count). The number of unbranched alkanes of at least 4 members (excludes halogenated alkanes) is 6. The van der Waals surface area contributed by atoms with Gasteiger partial charge in [-0.05, 0) is 85.0 Å². The third-order valence-corrected chi connectivity index (χ3v) is 9.03. The number of nitrogens with zero attached hydrogens (tertiary/aromatic N) is 2. The molecule has 2 nitrogen and oxygen atoms in total. The zero-order valence-electron chi connectivity index (χ0n) is 26.5. The highest BCUT2D eigenvalue weighted by atomic mass is 15.0. The van der Waals surface area contributed by atoms with Crippen molar-refractivity contribution in [1.29, 1.82) is 0 Å². The summed E-state index contributed by atoms with van der Waals surface area (Å²) >= 11 is 0. The van der Waals surface area contributed by atoms with Crippen LogP contribution >= 0.6 is 0 Å². The van der Waals surface area contributed by atoms with Crippen LogP contribution in [-0.4, -0.2) is 9.13 Å². The van der Waals surface area contributed by atoms with Crippen LogP contribution in [0.4, 0.5) is 0 Å². The first-order valence-electron chi connectivity index (χ1n) is 16.7. The third-order valence-electron chi connectivity index (χ3n) is 9.03. The molecule has 222 valence electrons. The van der Waals surface area contributed by atoms with Crippen molar-refractivity contribution in [3.05, 3.63) is 96.1 Å². The van der Waals surface area contributed by atoms with Crippen LogP contribution in [0.15, 0.2) is 84.9 Å². The minimum Gasteiger partial charge on any atom is -0.329 e. The van der Waals surface area contributed by atoms with E-state index in [1.54, 1.807) is 0 Å². The van der Waals surface area contributed by atoms with Gasteiger partial charge in [0.05, 0.1) is 13.1 Å². The molecule has 6 aromatic rings. The molecule has 0 spiro atoms. The van der Waals surface area contributed by atoms with Gasteiger partial charge in [-0.25, -0.2) is 0 Å². The van der Waals surface area contributed by atoms with E-state index in [-0.39, 0.29) is 0 Å². The van der Waals surface area contributed by atoms with E-state index < -0.39 is 0 Å². The lowest BCUT2D eigenvalue weighted by Crippen LogP contribution is -1.96. The molecule has 44 heavy (non-hydrogen) atoms. The van der Waals surface area contributed by atoms with Crippen LogP contribution in [0.5, 0.6) is 0 Å². The normalized spacial score (nSPS) is 11.2. The number of aromatic nitrogens is 2. The Balaban J connectivity index is 1.20. The molecule has 0 aliphatic carbocycles. The molecule has 4 aromatic carbocycles. The minimum absolute atomic E-state index is 0.630. The molecule has 2 heteroatoms. The number of fused-ring (bicyclic) bond motifs is 6. The van der Waals surface area contributed by atoms with Gasteiger partial charge in [-0.2, -0.15) is 0 Å². The highest BCUT2D eigenvalue weighted by molar-refractivity contribution is 6.09. The predicted molar refractivity (Wildman–Crippen MR) is 190 cm³/mol. The Hall–Kier alpha value is -4.40. The Kier molecular flexibility index (Phi) is 9.70. The number of hydrogen-bond donors (Lipinski definition) is 0. The van der Waals surface area contributed by atoms with Gasteiger partial charge in [-0.1, -0.05) is 113 Å². The van der Waals surface area contributed by atoms with E-state index in [9.17, 15) is 0 Å². The van der Waals surface area contributed by atoms with Gasteiger partial charge < -0.3 is 9.13 Å². The first-order chi connectivity index (χ1) is 21.8. The molecule has 2 heterocycles. The molecule has 0 unspecified atom stereocenters. The van der Waals surface area contributed by atoms with Crippen molar-refractivity contribution in [2.24, 2.45) is 0 Å². The van der Waals surface area contributed by atoms with Crippen molar-refractivity contribution < 1.29 is 0 Å². The maximum absolute atomic E-state index is 3.36. The Morgan fingerprint density at radius 2 is 0.886 bits per heavy atom. The summed E-state index contributed by atoms with van der Waals surface area (Å²) in [5, 5.41) is 5.27. The van der Waals surface area contributed by atoms with Crippen molar-refractivity contribution in [1.82, 2.24) is 9.13 Å². The number of rotatable bonds is 12. The summed E-state index contributed by atoms with van der Waals surface area (Å²) < 4.78 is 4.68. The Labute approximate surface area is 263 Å². The quantitative estimate of drug-likeness (QED) is 0.101. The van der Waals surface area contributed by atoms with Gasteiger partial charge in [0.2, 0.25) is 0 Å². The predicted octanol–water partition coefficient (Wildman–Crippen LogP) is 10.9. The maximum Gasteiger partial charge on any atom is 0.0853 e. The summed E-state index contributed by atoms with van der Waals surface area (Å²) in [5.41, 5.74) is 7.84. The summed E-state index contributed by atoms with van der Waals surface area (Å²) in [4.78, 5) is 0. The van der Waals surface area contributed by atoms with Crippen molar-refractivity contribution >= 4 is 43.6 Å². The van der Waals surface area contributed by atoms with Crippen LogP contribution in [0.25, 0.3) is 43.6 Å². The van der Waals surface area contributed by atoms with Crippen molar-refractivity contribution in [3.63, 3.8) is 0 Å². The second-order valence-corrected chi connectivity index (χ2v) is 12.1. The van der Waals surface area contributed by atoms with Gasteiger partial charge in [0.15, 0.2) is 0 Å². The van der Waals surface area contributed by atoms with Crippen LogP contribution in [0.2, 0.25) is 0 Å². The SMILES string of the molecule is CCCCCCc1ccc2c(c1)c1ccccc1n2CC#CC#CCn1c2ccccc2c2cc(CCCCCC)ccc21. The zero-order valence-corrected chi connectivity index (χ0v) is 26.5. The molecule has 0 aliphatic rings. The first kappa shape index (κ1) is 29.7. The van der Waals surface area contributed by atoms with Gasteiger partial charge in [-0.3, -0.25) is 0 Å². The average Bonchev–Trinajstić information content (AvgIpc) is 3.55. The first-order valence-corrected chi connectivity index (χ1v) is 16.7. The van der Waals surface area contributed by atoms with Gasteiger partial charge in [0.25, 0.3) is 0 Å². The number of hydrogen-bond acceptors (Lipinski definition) is 0. The summed E-state index contributed by atoms with van der Waals surface area (Å²) in [6.07, 6.45) is 12.6. The molecule has 0 amide bonds. The highest BCUT2D eigenvalue weighted by Gasteiger charge is 2.11. The molecule has 2 aromatic heterocycles. The largest absolute Gasteiger partial charge is 0.329 e. The monoisotopic (exact) mass is 576 g/mol. The molecule has 0 bridgehead atoms. The van der Waals surface area contributed by atoms with Crippen molar-refractivity contribution in [2.75, 3.05) is 0 Å². The van der Waals surface area contributed by atoms with Crippen LogP contribution in [0, 0.1) is 23.7 Å². The zero-order chi connectivity index (χ0) is 30.1. The molecule has 0 saturated heterocycles. The molecule has 0 saturated carbocycles. The number of para-hydroxylation sites is 2. The Morgan fingerprint density at radius 3 is 1.34 bits per heavy atom. The highest BCUT2D eigenvalue weighted by Crippen LogP contribution is 2.31. The van der Waals surface area contributed by atoms with Gasteiger partial charge in [0, 0.05) is 43.6 Å². The van der Waals surface area contributed by atoms with Gasteiger partial charge in [0.1, 0.15) is 0 Å². The summed E-state index contributed by atoms with van der Waals surface area (Å²) in [5.74, 6) is 13.0. The standard InChI is InChI=1S/C42H44N2/c1-3-5-7-11-19-33-25-27-41-37(31-33)35-21-13-15-23-39(35)43(41)29-17-9-10-18-30-44-40-24-16-14-22-36(40)38-32-34(26-28-42(38)44)20-12-8-6-4-2/h13-16,21-28,31-32H,3-8,11-12,19-20,29-30H2,1-2H3. The summed E-state index contributed by atoms with van der Waals surface area (Å²) in [7, 11) is 0. The van der Waals surface area contributed by atoms with E-state index in [1.807, 2.05) is 0 Å². The van der Waals surface area contributed by atoms with Crippen LogP contribution in [0.1, 0.15) is 76.3 Å². The van der Waals surface area contributed by atoms with Gasteiger partial charge >= 0.3 is 0 Å². The van der Waals surface area contributed by atoms with Crippen molar-refractivity contribution in [2.45, 2.75) is 91.1 Å². The summed E-state index contributed by atoms with van der Waals surface area (Å²) in [6, 6.07) is 31.4. The smallest absolute Gasteiger partial charge is 0.0853 e. The lowest BCUT2D eigenvalue weighted by Gasteiger charge is -2.04. The minimum atomic E-state index is 0.630. The maximum atomic E-state index is 3.36. The number of aryl methyl sites for hydroxylation is 2. The van der Waals surface area contributed by atoms with E-state index in [0.29, 0.717) is 13.1 Å². The van der Waals surface area contributed by atoms with E-state index in [4.69, 9.17) is 0 Å².